The molecule has 1 amide bonds. The van der Waals surface area contributed by atoms with E-state index >= 15 is 0 Å². The molecule has 1 aromatic carbocycles. The van der Waals surface area contributed by atoms with Gasteiger partial charge in [0.15, 0.2) is 11.5 Å². The molecule has 0 aliphatic rings. The van der Waals surface area contributed by atoms with Crippen LogP contribution in [0.25, 0.3) is 0 Å². The van der Waals surface area contributed by atoms with Crippen LogP contribution in [0.2, 0.25) is 0 Å². The van der Waals surface area contributed by atoms with E-state index in [1.54, 1.807) is 24.3 Å². The van der Waals surface area contributed by atoms with Gasteiger partial charge in [-0.05, 0) is 23.8 Å². The molecule has 0 aliphatic heterocycles. The van der Waals surface area contributed by atoms with Gasteiger partial charge in [-0.3, -0.25) is 4.79 Å². The number of ether oxygens (including phenoxy) is 2. The van der Waals surface area contributed by atoms with Crippen LogP contribution in [0.3, 0.4) is 0 Å². The lowest BCUT2D eigenvalue weighted by molar-refractivity contribution is -0.120. The van der Waals surface area contributed by atoms with E-state index in [0.717, 1.165) is 0 Å². The number of amides is 1. The van der Waals surface area contributed by atoms with E-state index in [4.69, 9.17) is 21.2 Å². The molecule has 0 heterocycles. The monoisotopic (exact) mass is 271 g/mol. The second-order valence-electron chi connectivity index (χ2n) is 3.53. The fourth-order valence-corrected chi connectivity index (χ4v) is 1.29. The molecule has 0 spiro atoms. The van der Waals surface area contributed by atoms with Gasteiger partial charge in [0, 0.05) is 0 Å². The van der Waals surface area contributed by atoms with Gasteiger partial charge in [0.05, 0.1) is 19.4 Å². The highest BCUT2D eigenvalue weighted by Gasteiger charge is 2.04. The fourth-order valence-electron chi connectivity index (χ4n) is 1.29. The van der Waals surface area contributed by atoms with Gasteiger partial charge in [0.2, 0.25) is 0 Å². The van der Waals surface area contributed by atoms with Crippen LogP contribution in [0.5, 0.6) is 11.5 Å². The predicted octanol–water partition coefficient (Wildman–Crippen LogP) is 1.07. The molecular weight excluding hydrogens is 258 g/mol. The summed E-state index contributed by atoms with van der Waals surface area (Å²) in [6, 6.07) is 6.83. The van der Waals surface area contributed by atoms with Gasteiger partial charge in [0.1, 0.15) is 13.0 Å². The minimum absolute atomic E-state index is 0.147. The molecule has 0 unspecified atom stereocenters. The Balaban J connectivity index is 2.73. The van der Waals surface area contributed by atoms with Crippen molar-refractivity contribution in [3.63, 3.8) is 0 Å². The summed E-state index contributed by atoms with van der Waals surface area (Å²) in [6.07, 6.45) is 6.31. The zero-order valence-corrected chi connectivity index (χ0v) is 10.9. The highest BCUT2D eigenvalue weighted by atomic mass is 16.5. The first-order valence-corrected chi connectivity index (χ1v) is 5.64. The molecule has 0 saturated carbocycles. The Morgan fingerprint density at radius 2 is 2.35 bits per heavy atom. The number of hydrazone groups is 1. The average molecular weight is 271 g/mol. The minimum atomic E-state index is -0.468. The molecule has 0 radical (unpaired) electrons. The van der Waals surface area contributed by atoms with Crippen LogP contribution in [0.1, 0.15) is 12.0 Å². The third-order valence-electron chi connectivity index (χ3n) is 2.14. The maximum absolute atomic E-state index is 11.0. The van der Waals surface area contributed by atoms with Crippen molar-refractivity contribution in [2.75, 3.05) is 13.7 Å². The fraction of sp³-hybridized carbons (Fsp3) is 0.214. The van der Waals surface area contributed by atoms with Crippen molar-refractivity contribution in [1.82, 2.24) is 5.43 Å². The number of hydrogen-bond acceptors (Lipinski definition) is 5. The first-order chi connectivity index (χ1) is 9.71. The molecule has 102 valence electrons. The van der Waals surface area contributed by atoms with E-state index in [1.165, 1.54) is 13.3 Å². The first kappa shape index (κ1) is 15.1. The van der Waals surface area contributed by atoms with E-state index in [-0.39, 0.29) is 13.0 Å². The van der Waals surface area contributed by atoms with Crippen molar-refractivity contribution < 1.29 is 14.3 Å². The topological polar surface area (TPSA) is 83.7 Å². The third kappa shape index (κ3) is 4.71. The number of nitrogens with zero attached hydrogens (tertiary/aromatic N) is 2. The lowest BCUT2D eigenvalue weighted by Gasteiger charge is -2.08. The molecular formula is C14H13N3O3. The molecule has 0 atom stereocenters. The highest BCUT2D eigenvalue weighted by molar-refractivity contribution is 5.83. The molecule has 0 saturated heterocycles. The molecule has 1 aromatic rings. The molecule has 0 fully saturated rings. The van der Waals surface area contributed by atoms with Crippen molar-refractivity contribution in [3.05, 3.63) is 23.8 Å². The van der Waals surface area contributed by atoms with Gasteiger partial charge in [0.25, 0.3) is 5.91 Å². The maximum Gasteiger partial charge on any atom is 0.254 e. The van der Waals surface area contributed by atoms with Gasteiger partial charge in [-0.15, -0.1) is 6.42 Å². The average Bonchev–Trinajstić information content (AvgIpc) is 2.46. The zero-order chi connectivity index (χ0) is 14.8. The Morgan fingerprint density at radius 3 is 3.00 bits per heavy atom. The molecule has 0 bridgehead atoms. The summed E-state index contributed by atoms with van der Waals surface area (Å²) in [5.74, 6) is 2.93. The Labute approximate surface area is 117 Å². The molecule has 6 nitrogen and oxygen atoms in total. The van der Waals surface area contributed by atoms with Crippen molar-refractivity contribution in [3.8, 4) is 29.9 Å². The summed E-state index contributed by atoms with van der Waals surface area (Å²) in [5.41, 5.74) is 2.93. The molecule has 1 rings (SSSR count). The zero-order valence-electron chi connectivity index (χ0n) is 10.9. The van der Waals surface area contributed by atoms with E-state index in [9.17, 15) is 4.79 Å². The van der Waals surface area contributed by atoms with Crippen LogP contribution in [-0.2, 0) is 4.79 Å². The van der Waals surface area contributed by atoms with Gasteiger partial charge in [-0.25, -0.2) is 5.43 Å². The number of carbonyl (C=O) groups excluding carboxylic acids is 1. The Morgan fingerprint density at radius 1 is 1.55 bits per heavy atom. The number of nitriles is 1. The lowest BCUT2D eigenvalue weighted by Crippen LogP contribution is -2.16. The first-order valence-electron chi connectivity index (χ1n) is 5.64. The number of rotatable bonds is 6. The second kappa shape index (κ2) is 8.17. The maximum atomic E-state index is 11.0. The number of methoxy groups -OCH3 is 1. The summed E-state index contributed by atoms with van der Waals surface area (Å²) in [5, 5.41) is 12.0. The van der Waals surface area contributed by atoms with Gasteiger partial charge in [-0.2, -0.15) is 10.4 Å². The largest absolute Gasteiger partial charge is 0.493 e. The van der Waals surface area contributed by atoms with Crippen molar-refractivity contribution in [1.29, 1.82) is 5.26 Å². The molecule has 1 N–H and O–H groups in total. The summed E-state index contributed by atoms with van der Waals surface area (Å²) >= 11 is 0. The van der Waals surface area contributed by atoms with Crippen molar-refractivity contribution >= 4 is 12.1 Å². The summed E-state index contributed by atoms with van der Waals surface area (Å²) in [6.45, 7) is 0.147. The third-order valence-corrected chi connectivity index (χ3v) is 2.14. The number of hydrogen-bond donors (Lipinski definition) is 1. The van der Waals surface area contributed by atoms with Crippen molar-refractivity contribution in [2.24, 2.45) is 5.10 Å². The molecule has 6 heteroatoms. The van der Waals surface area contributed by atoms with Crippen LogP contribution in [-0.4, -0.2) is 25.8 Å². The SMILES string of the molecule is C#CCOc1ccc(/C=N\NC(=O)CC#N)cc1OC. The normalized spacial score (nSPS) is 9.55. The smallest absolute Gasteiger partial charge is 0.254 e. The van der Waals surface area contributed by atoms with Gasteiger partial charge in [-0.1, -0.05) is 5.92 Å². The standard InChI is InChI=1S/C14H13N3O3/c1-3-8-20-12-5-4-11(9-13(12)19-2)10-16-17-14(18)6-7-15/h1,4-5,9-10H,6,8H2,2H3,(H,17,18)/b16-10-. The molecule has 20 heavy (non-hydrogen) atoms. The summed E-state index contributed by atoms with van der Waals surface area (Å²) in [4.78, 5) is 11.0. The number of terminal acetylenes is 1. The quantitative estimate of drug-likeness (QED) is 0.476. The number of benzene rings is 1. The Hall–Kier alpha value is -2.99. The van der Waals surface area contributed by atoms with Crippen LogP contribution >= 0.6 is 0 Å². The van der Waals surface area contributed by atoms with Crippen molar-refractivity contribution in [2.45, 2.75) is 6.42 Å². The number of nitrogens with one attached hydrogen (secondary N) is 1. The van der Waals surface area contributed by atoms with Crippen LogP contribution in [0.4, 0.5) is 0 Å². The number of carbonyl (C=O) groups is 1. The predicted molar refractivity (Wildman–Crippen MR) is 73.3 cm³/mol. The molecule has 0 aromatic heterocycles. The highest BCUT2D eigenvalue weighted by Crippen LogP contribution is 2.27. The van der Waals surface area contributed by atoms with Gasteiger partial charge < -0.3 is 9.47 Å². The van der Waals surface area contributed by atoms with E-state index in [2.05, 4.69) is 16.4 Å². The van der Waals surface area contributed by atoms with Crippen LogP contribution in [0.15, 0.2) is 23.3 Å². The van der Waals surface area contributed by atoms with E-state index in [0.29, 0.717) is 17.1 Å². The van der Waals surface area contributed by atoms with E-state index < -0.39 is 5.91 Å². The second-order valence-corrected chi connectivity index (χ2v) is 3.53. The Kier molecular flexibility index (Phi) is 6.16. The minimum Gasteiger partial charge on any atom is -0.493 e. The van der Waals surface area contributed by atoms with Crippen LogP contribution in [0, 0.1) is 23.7 Å². The summed E-state index contributed by atoms with van der Waals surface area (Å²) < 4.78 is 10.5. The van der Waals surface area contributed by atoms with Gasteiger partial charge >= 0.3 is 0 Å². The molecule has 0 aliphatic carbocycles. The Bertz CT molecular complexity index is 582. The van der Waals surface area contributed by atoms with E-state index in [1.807, 2.05) is 0 Å². The van der Waals surface area contributed by atoms with Crippen LogP contribution < -0.4 is 14.9 Å². The summed E-state index contributed by atoms with van der Waals surface area (Å²) in [7, 11) is 1.51. The lowest BCUT2D eigenvalue weighted by atomic mass is 10.2.